The summed E-state index contributed by atoms with van der Waals surface area (Å²) in [5, 5.41) is 5.81. The Kier molecular flexibility index (Phi) is 5.96. The number of hydrogen-bond acceptors (Lipinski definition) is 4. The number of carbonyl (C=O) groups is 2. The average molecular weight is 367 g/mol. The molecule has 2 N–H and O–H groups in total. The van der Waals surface area contributed by atoms with E-state index in [0.29, 0.717) is 18.8 Å². The molecule has 0 radical (unpaired) electrons. The van der Waals surface area contributed by atoms with Gasteiger partial charge < -0.3 is 20.3 Å². The van der Waals surface area contributed by atoms with Crippen LogP contribution in [0, 0.1) is 6.92 Å². The molecule has 0 fully saturated rings. The first-order chi connectivity index (χ1) is 13.1. The third-order valence-corrected chi connectivity index (χ3v) is 4.46. The fraction of sp³-hybridized carbons (Fsp3) is 0.333. The maximum Gasteiger partial charge on any atom is 0.262 e. The van der Waals surface area contributed by atoms with Gasteiger partial charge in [0.2, 0.25) is 5.91 Å². The molecular formula is C21H25N3O3. The van der Waals surface area contributed by atoms with E-state index in [1.807, 2.05) is 67.3 Å². The number of rotatable bonds is 6. The lowest BCUT2D eigenvalue weighted by molar-refractivity contribution is -0.128. The van der Waals surface area contributed by atoms with E-state index in [9.17, 15) is 9.59 Å². The van der Waals surface area contributed by atoms with Gasteiger partial charge in [0.25, 0.3) is 5.91 Å². The molecule has 1 aliphatic rings. The molecule has 142 valence electrons. The normalized spacial score (nSPS) is 15.5. The number of nitrogens with one attached hydrogen (secondary N) is 2. The van der Waals surface area contributed by atoms with E-state index in [-0.39, 0.29) is 18.4 Å². The van der Waals surface area contributed by atoms with E-state index in [4.69, 9.17) is 4.74 Å². The Morgan fingerprint density at radius 3 is 2.67 bits per heavy atom. The molecule has 0 aliphatic carbocycles. The fourth-order valence-corrected chi connectivity index (χ4v) is 3.03. The second kappa shape index (κ2) is 8.58. The molecule has 0 saturated carbocycles. The van der Waals surface area contributed by atoms with Crippen LogP contribution in [-0.4, -0.2) is 37.6 Å². The number of hydrogen-bond donors (Lipinski definition) is 2. The van der Waals surface area contributed by atoms with Crippen molar-refractivity contribution < 1.29 is 14.3 Å². The summed E-state index contributed by atoms with van der Waals surface area (Å²) in [4.78, 5) is 26.9. The first-order valence-electron chi connectivity index (χ1n) is 9.22. The van der Waals surface area contributed by atoms with Crippen molar-refractivity contribution in [2.45, 2.75) is 26.4 Å². The number of benzene rings is 2. The molecular weight excluding hydrogens is 342 g/mol. The van der Waals surface area contributed by atoms with Crippen molar-refractivity contribution in [3.63, 3.8) is 0 Å². The number of amides is 2. The molecule has 6 heteroatoms. The summed E-state index contributed by atoms with van der Waals surface area (Å²) in [6.45, 7) is 5.03. The third-order valence-electron chi connectivity index (χ3n) is 4.46. The average Bonchev–Trinajstić information content (AvgIpc) is 2.67. The van der Waals surface area contributed by atoms with Crippen LogP contribution in [0.3, 0.4) is 0 Å². The molecule has 0 spiro atoms. The maximum absolute atomic E-state index is 12.6. The van der Waals surface area contributed by atoms with Crippen molar-refractivity contribution in [3.8, 4) is 5.75 Å². The fourth-order valence-electron chi connectivity index (χ4n) is 3.03. The Morgan fingerprint density at radius 2 is 1.89 bits per heavy atom. The van der Waals surface area contributed by atoms with Gasteiger partial charge >= 0.3 is 0 Å². The number of aryl methyl sites for hydroxylation is 1. The van der Waals surface area contributed by atoms with Crippen LogP contribution in [0.25, 0.3) is 0 Å². The molecule has 6 nitrogen and oxygen atoms in total. The predicted molar refractivity (Wildman–Crippen MR) is 106 cm³/mol. The third kappa shape index (κ3) is 4.58. The zero-order valence-corrected chi connectivity index (χ0v) is 15.7. The van der Waals surface area contributed by atoms with Crippen LogP contribution >= 0.6 is 0 Å². The summed E-state index contributed by atoms with van der Waals surface area (Å²) in [5.74, 6) is 0.327. The lowest BCUT2D eigenvalue weighted by Crippen LogP contribution is -2.50. The van der Waals surface area contributed by atoms with Crippen LogP contribution in [0.1, 0.15) is 18.9 Å². The van der Waals surface area contributed by atoms with Gasteiger partial charge in [-0.15, -0.1) is 0 Å². The van der Waals surface area contributed by atoms with Crippen LogP contribution in [-0.2, 0) is 9.59 Å². The molecule has 2 aromatic rings. The highest BCUT2D eigenvalue weighted by molar-refractivity contribution is 5.95. The van der Waals surface area contributed by atoms with E-state index >= 15 is 0 Å². The van der Waals surface area contributed by atoms with E-state index in [1.165, 1.54) is 0 Å². The SMILES string of the molecule is CCCNC(=O)[C@H]1CN(CC(=O)Nc2ccccc2C)c2ccccc2O1. The standard InChI is InChI=1S/C21H25N3O3/c1-3-12-22-21(26)19-13-24(17-10-6-7-11-18(17)27-19)14-20(25)23-16-9-5-4-8-15(16)2/h4-11,19H,3,12-14H2,1-2H3,(H,22,26)(H,23,25)/t19-/m1/s1. The second-order valence-electron chi connectivity index (χ2n) is 6.61. The Labute approximate surface area is 159 Å². The van der Waals surface area contributed by atoms with Crippen LogP contribution in [0.15, 0.2) is 48.5 Å². The van der Waals surface area contributed by atoms with Crippen molar-refractivity contribution in [3.05, 3.63) is 54.1 Å². The van der Waals surface area contributed by atoms with Crippen LogP contribution < -0.4 is 20.3 Å². The lowest BCUT2D eigenvalue weighted by atomic mass is 10.1. The minimum absolute atomic E-state index is 0.131. The lowest BCUT2D eigenvalue weighted by Gasteiger charge is -2.35. The molecule has 2 aromatic carbocycles. The summed E-state index contributed by atoms with van der Waals surface area (Å²) in [6, 6.07) is 15.1. The number of anilines is 2. The van der Waals surface area contributed by atoms with Gasteiger partial charge in [-0.25, -0.2) is 0 Å². The molecule has 3 rings (SSSR count). The summed E-state index contributed by atoms with van der Waals surface area (Å²) in [5.41, 5.74) is 2.61. The Hall–Kier alpha value is -3.02. The van der Waals surface area contributed by atoms with Gasteiger partial charge in [0.15, 0.2) is 6.10 Å². The summed E-state index contributed by atoms with van der Waals surface area (Å²) in [7, 11) is 0. The van der Waals surface area contributed by atoms with E-state index in [2.05, 4.69) is 10.6 Å². The summed E-state index contributed by atoms with van der Waals surface area (Å²) < 4.78 is 5.85. The van der Waals surface area contributed by atoms with Gasteiger partial charge in [-0.3, -0.25) is 9.59 Å². The molecule has 0 aromatic heterocycles. The largest absolute Gasteiger partial charge is 0.477 e. The first kappa shape index (κ1) is 18.8. The minimum Gasteiger partial charge on any atom is -0.477 e. The predicted octanol–water partition coefficient (Wildman–Crippen LogP) is 2.73. The van der Waals surface area contributed by atoms with Crippen molar-refractivity contribution in [1.82, 2.24) is 5.32 Å². The number of para-hydroxylation sites is 3. The Morgan fingerprint density at radius 1 is 1.15 bits per heavy atom. The molecule has 1 aliphatic heterocycles. The summed E-state index contributed by atoms with van der Waals surface area (Å²) in [6.07, 6.45) is 0.218. The zero-order valence-electron chi connectivity index (χ0n) is 15.7. The van der Waals surface area contributed by atoms with Gasteiger partial charge in [-0.2, -0.15) is 0 Å². The van der Waals surface area contributed by atoms with E-state index in [1.54, 1.807) is 0 Å². The van der Waals surface area contributed by atoms with Gasteiger partial charge in [0, 0.05) is 12.2 Å². The second-order valence-corrected chi connectivity index (χ2v) is 6.61. The van der Waals surface area contributed by atoms with Crippen LogP contribution in [0.2, 0.25) is 0 Å². The molecule has 0 bridgehead atoms. The molecule has 0 unspecified atom stereocenters. The van der Waals surface area contributed by atoms with Gasteiger partial charge in [0.05, 0.1) is 18.8 Å². The number of fused-ring (bicyclic) bond motifs is 1. The van der Waals surface area contributed by atoms with Crippen molar-refractivity contribution >= 4 is 23.2 Å². The monoisotopic (exact) mass is 367 g/mol. The first-order valence-corrected chi connectivity index (χ1v) is 9.22. The van der Waals surface area contributed by atoms with E-state index < -0.39 is 6.10 Å². The molecule has 1 atom stereocenters. The van der Waals surface area contributed by atoms with Gasteiger partial charge in [-0.1, -0.05) is 37.3 Å². The van der Waals surface area contributed by atoms with Crippen LogP contribution in [0.4, 0.5) is 11.4 Å². The quantitative estimate of drug-likeness (QED) is 0.824. The number of nitrogens with zero attached hydrogens (tertiary/aromatic N) is 1. The topological polar surface area (TPSA) is 70.7 Å². The smallest absolute Gasteiger partial charge is 0.262 e. The van der Waals surface area contributed by atoms with Crippen molar-refractivity contribution in [2.24, 2.45) is 0 Å². The van der Waals surface area contributed by atoms with Gasteiger partial charge in [-0.05, 0) is 37.1 Å². The Balaban J connectivity index is 1.73. The Bertz CT molecular complexity index is 822. The highest BCUT2D eigenvalue weighted by Crippen LogP contribution is 2.33. The minimum atomic E-state index is -0.641. The van der Waals surface area contributed by atoms with Crippen LogP contribution in [0.5, 0.6) is 5.75 Å². The highest BCUT2D eigenvalue weighted by atomic mass is 16.5. The highest BCUT2D eigenvalue weighted by Gasteiger charge is 2.31. The maximum atomic E-state index is 12.6. The molecule has 0 saturated heterocycles. The molecule has 2 amide bonds. The molecule has 1 heterocycles. The van der Waals surface area contributed by atoms with Crippen molar-refractivity contribution in [1.29, 1.82) is 0 Å². The zero-order chi connectivity index (χ0) is 19.2. The van der Waals surface area contributed by atoms with Gasteiger partial charge in [0.1, 0.15) is 5.75 Å². The number of ether oxygens (including phenoxy) is 1. The molecule has 27 heavy (non-hydrogen) atoms. The summed E-state index contributed by atoms with van der Waals surface area (Å²) >= 11 is 0. The number of carbonyl (C=O) groups excluding carboxylic acids is 2. The van der Waals surface area contributed by atoms with E-state index in [0.717, 1.165) is 23.4 Å². The van der Waals surface area contributed by atoms with Crippen molar-refractivity contribution in [2.75, 3.05) is 29.9 Å².